The first-order chi connectivity index (χ1) is 12.6. The Labute approximate surface area is 149 Å². The predicted octanol–water partition coefficient (Wildman–Crippen LogP) is 2.45. The molecule has 0 aliphatic rings. The van der Waals surface area contributed by atoms with E-state index in [9.17, 15) is 14.9 Å². The molecule has 3 aromatic rings. The van der Waals surface area contributed by atoms with Crippen LogP contribution in [0, 0.1) is 23.7 Å². The van der Waals surface area contributed by atoms with Crippen LogP contribution in [0.15, 0.2) is 47.5 Å². The van der Waals surface area contributed by atoms with Gasteiger partial charge in [-0.15, -0.1) is 6.42 Å². The average Bonchev–Trinajstić information content (AvgIpc) is 3.05. The molecule has 0 radical (unpaired) electrons. The second-order valence-electron chi connectivity index (χ2n) is 5.49. The highest BCUT2D eigenvalue weighted by Gasteiger charge is 2.21. The van der Waals surface area contributed by atoms with Gasteiger partial charge in [-0.25, -0.2) is 4.79 Å². The Morgan fingerprint density at radius 2 is 2.00 bits per heavy atom. The van der Waals surface area contributed by atoms with Crippen LogP contribution >= 0.6 is 0 Å². The van der Waals surface area contributed by atoms with E-state index >= 15 is 0 Å². The second kappa shape index (κ2) is 7.00. The minimum Gasteiger partial charge on any atom is -0.462 e. The van der Waals surface area contributed by atoms with Crippen molar-refractivity contribution in [2.75, 3.05) is 6.61 Å². The normalized spacial score (nSPS) is 10.3. The summed E-state index contributed by atoms with van der Waals surface area (Å²) in [5.41, 5.74) is 1.37. The first-order valence-electron chi connectivity index (χ1n) is 7.97. The lowest BCUT2D eigenvalue weighted by Gasteiger charge is -2.09. The molecule has 0 spiro atoms. The van der Waals surface area contributed by atoms with Crippen LogP contribution in [0.3, 0.4) is 0 Å². The van der Waals surface area contributed by atoms with Gasteiger partial charge in [0.25, 0.3) is 5.56 Å². The first kappa shape index (κ1) is 17.1. The Kier molecular flexibility index (Phi) is 4.59. The van der Waals surface area contributed by atoms with Gasteiger partial charge >= 0.3 is 5.97 Å². The van der Waals surface area contributed by atoms with Crippen molar-refractivity contribution in [3.63, 3.8) is 0 Å². The number of benzene rings is 1. The SMILES string of the molecule is C#CCn1cc(C(=O)OCC)c(=O)n2cc(-c3ccccc3)c(C#N)c12. The minimum atomic E-state index is -0.723. The van der Waals surface area contributed by atoms with Crippen molar-refractivity contribution in [2.45, 2.75) is 13.5 Å². The average molecular weight is 345 g/mol. The molecule has 0 amide bonds. The van der Waals surface area contributed by atoms with E-state index in [4.69, 9.17) is 11.2 Å². The highest BCUT2D eigenvalue weighted by atomic mass is 16.5. The molecule has 6 heteroatoms. The number of fused-ring (bicyclic) bond motifs is 1. The molecule has 1 aromatic carbocycles. The number of nitriles is 1. The minimum absolute atomic E-state index is 0.100. The van der Waals surface area contributed by atoms with Crippen molar-refractivity contribution < 1.29 is 9.53 Å². The molecular formula is C20H15N3O3. The Morgan fingerprint density at radius 3 is 2.62 bits per heavy atom. The molecule has 0 N–H and O–H groups in total. The van der Waals surface area contributed by atoms with E-state index in [1.807, 2.05) is 30.3 Å². The summed E-state index contributed by atoms with van der Waals surface area (Å²) in [6.07, 6.45) is 8.34. The van der Waals surface area contributed by atoms with Gasteiger partial charge in [-0.1, -0.05) is 36.3 Å². The molecule has 0 unspecified atom stereocenters. The van der Waals surface area contributed by atoms with Gasteiger partial charge < -0.3 is 9.30 Å². The Hall–Kier alpha value is -3.77. The molecule has 6 nitrogen and oxygen atoms in total. The fraction of sp³-hybridized carbons (Fsp3) is 0.150. The molecule has 0 fully saturated rings. The van der Waals surface area contributed by atoms with Crippen molar-refractivity contribution in [3.8, 4) is 29.5 Å². The number of hydrogen-bond acceptors (Lipinski definition) is 4. The van der Waals surface area contributed by atoms with E-state index in [0.29, 0.717) is 16.8 Å². The van der Waals surface area contributed by atoms with E-state index in [1.54, 1.807) is 17.7 Å². The molecule has 0 aliphatic heterocycles. The van der Waals surface area contributed by atoms with Crippen molar-refractivity contribution in [2.24, 2.45) is 0 Å². The van der Waals surface area contributed by atoms with Crippen LogP contribution in [0.25, 0.3) is 16.8 Å². The molecule has 0 saturated heterocycles. The van der Waals surface area contributed by atoms with Crippen molar-refractivity contribution in [1.29, 1.82) is 5.26 Å². The Bertz CT molecular complexity index is 1130. The molecule has 26 heavy (non-hydrogen) atoms. The molecular weight excluding hydrogens is 330 g/mol. The number of carbonyl (C=O) groups is 1. The summed E-state index contributed by atoms with van der Waals surface area (Å²) in [6.45, 7) is 1.91. The van der Waals surface area contributed by atoms with Gasteiger partial charge in [-0.05, 0) is 12.5 Å². The second-order valence-corrected chi connectivity index (χ2v) is 5.49. The predicted molar refractivity (Wildman–Crippen MR) is 96.6 cm³/mol. The lowest BCUT2D eigenvalue weighted by Crippen LogP contribution is -2.26. The highest BCUT2D eigenvalue weighted by molar-refractivity contribution is 5.89. The zero-order valence-corrected chi connectivity index (χ0v) is 14.1. The number of esters is 1. The van der Waals surface area contributed by atoms with Crippen LogP contribution in [0.5, 0.6) is 0 Å². The number of rotatable bonds is 4. The van der Waals surface area contributed by atoms with Gasteiger partial charge in [0, 0.05) is 18.0 Å². The van der Waals surface area contributed by atoms with Crippen LogP contribution in [0.2, 0.25) is 0 Å². The standard InChI is InChI=1S/C20H15N3O3/c1-3-10-22-12-17(20(25)26-4-2)19(24)23-13-16(15(11-21)18(22)23)14-8-6-5-7-9-14/h1,5-9,12-13H,4,10H2,2H3. The summed E-state index contributed by atoms with van der Waals surface area (Å²) >= 11 is 0. The van der Waals surface area contributed by atoms with E-state index in [1.165, 1.54) is 10.6 Å². The van der Waals surface area contributed by atoms with Gasteiger partial charge in [0.2, 0.25) is 0 Å². The van der Waals surface area contributed by atoms with Gasteiger partial charge in [0.1, 0.15) is 22.8 Å². The third-order valence-corrected chi connectivity index (χ3v) is 3.94. The van der Waals surface area contributed by atoms with E-state index in [0.717, 1.165) is 5.56 Å². The fourth-order valence-electron chi connectivity index (χ4n) is 2.85. The molecule has 0 aliphatic carbocycles. The maximum absolute atomic E-state index is 12.8. The van der Waals surface area contributed by atoms with Gasteiger partial charge in [0.05, 0.1) is 13.2 Å². The van der Waals surface area contributed by atoms with E-state index in [-0.39, 0.29) is 18.7 Å². The molecule has 0 bridgehead atoms. The summed E-state index contributed by atoms with van der Waals surface area (Å²) in [5, 5.41) is 9.69. The number of aromatic nitrogens is 2. The molecule has 2 aromatic heterocycles. The number of carbonyl (C=O) groups excluding carboxylic acids is 1. The quantitative estimate of drug-likeness (QED) is 0.538. The summed E-state index contributed by atoms with van der Waals surface area (Å²) in [5.74, 6) is 1.76. The first-order valence-corrected chi connectivity index (χ1v) is 7.97. The lowest BCUT2D eigenvalue weighted by atomic mass is 10.1. The van der Waals surface area contributed by atoms with Crippen LogP contribution in [0.4, 0.5) is 0 Å². The van der Waals surface area contributed by atoms with Crippen LogP contribution in [-0.2, 0) is 11.3 Å². The summed E-state index contributed by atoms with van der Waals surface area (Å²) in [7, 11) is 0. The maximum atomic E-state index is 12.8. The topological polar surface area (TPSA) is 76.5 Å². The highest BCUT2D eigenvalue weighted by Crippen LogP contribution is 2.27. The monoisotopic (exact) mass is 345 g/mol. The summed E-state index contributed by atoms with van der Waals surface area (Å²) in [6, 6.07) is 11.4. The number of ether oxygens (including phenoxy) is 1. The van der Waals surface area contributed by atoms with Gasteiger partial charge in [0.15, 0.2) is 0 Å². The van der Waals surface area contributed by atoms with Crippen LogP contribution in [0.1, 0.15) is 22.8 Å². The zero-order chi connectivity index (χ0) is 18.7. The largest absolute Gasteiger partial charge is 0.462 e. The molecule has 2 heterocycles. The Morgan fingerprint density at radius 1 is 1.27 bits per heavy atom. The molecule has 0 atom stereocenters. The molecule has 0 saturated carbocycles. The maximum Gasteiger partial charge on any atom is 0.345 e. The van der Waals surface area contributed by atoms with Crippen molar-refractivity contribution in [3.05, 3.63) is 64.2 Å². The van der Waals surface area contributed by atoms with Gasteiger partial charge in [-0.3, -0.25) is 9.20 Å². The molecule has 3 rings (SSSR count). The lowest BCUT2D eigenvalue weighted by molar-refractivity contribution is 0.0523. The summed E-state index contributed by atoms with van der Waals surface area (Å²) in [4.78, 5) is 24.9. The fourth-order valence-corrected chi connectivity index (χ4v) is 2.85. The summed E-state index contributed by atoms with van der Waals surface area (Å²) < 4.78 is 7.78. The number of nitrogens with zero attached hydrogens (tertiary/aromatic N) is 3. The Balaban J connectivity index is 2.39. The van der Waals surface area contributed by atoms with Crippen molar-refractivity contribution >= 4 is 11.6 Å². The zero-order valence-electron chi connectivity index (χ0n) is 14.1. The number of terminal acetylenes is 1. The van der Waals surface area contributed by atoms with Crippen LogP contribution in [-0.4, -0.2) is 21.5 Å². The van der Waals surface area contributed by atoms with E-state index < -0.39 is 11.5 Å². The third kappa shape index (κ3) is 2.74. The smallest absolute Gasteiger partial charge is 0.345 e. The molecule has 128 valence electrons. The van der Waals surface area contributed by atoms with E-state index in [2.05, 4.69) is 12.0 Å². The van der Waals surface area contributed by atoms with Gasteiger partial charge in [-0.2, -0.15) is 5.26 Å². The number of hydrogen-bond donors (Lipinski definition) is 0. The van der Waals surface area contributed by atoms with Crippen molar-refractivity contribution in [1.82, 2.24) is 8.97 Å². The van der Waals surface area contributed by atoms with Crippen LogP contribution < -0.4 is 5.56 Å². The third-order valence-electron chi connectivity index (χ3n) is 3.94.